The fourth-order valence-electron chi connectivity index (χ4n) is 3.09. The molecule has 1 saturated heterocycles. The molecule has 5 nitrogen and oxygen atoms in total. The fraction of sp³-hybridized carbons (Fsp3) is 0.615. The van der Waals surface area contributed by atoms with Crippen LogP contribution in [0.4, 0.5) is 0 Å². The van der Waals surface area contributed by atoms with Crippen LogP contribution in [-0.2, 0) is 10.0 Å². The zero-order chi connectivity index (χ0) is 13.5. The molecule has 1 saturated carbocycles. The van der Waals surface area contributed by atoms with Gasteiger partial charge in [0.25, 0.3) is 0 Å². The first-order valence-corrected chi connectivity index (χ1v) is 8.07. The number of hydrogen-bond donors (Lipinski definition) is 1. The van der Waals surface area contributed by atoms with Crippen molar-refractivity contribution >= 4 is 10.0 Å². The van der Waals surface area contributed by atoms with Crippen LogP contribution in [0.1, 0.15) is 25.7 Å². The van der Waals surface area contributed by atoms with Gasteiger partial charge in [-0.3, -0.25) is 4.98 Å². The third-order valence-corrected chi connectivity index (χ3v) is 6.50. The highest BCUT2D eigenvalue weighted by atomic mass is 32.2. The summed E-state index contributed by atoms with van der Waals surface area (Å²) in [5, 5.41) is 9.85. The van der Waals surface area contributed by atoms with Gasteiger partial charge in [0, 0.05) is 25.5 Å². The molecule has 6 heteroatoms. The minimum atomic E-state index is -3.42. The highest BCUT2D eigenvalue weighted by molar-refractivity contribution is 7.89. The fourth-order valence-corrected chi connectivity index (χ4v) is 4.49. The van der Waals surface area contributed by atoms with Crippen LogP contribution in [-0.4, -0.2) is 42.0 Å². The lowest BCUT2D eigenvalue weighted by Gasteiger charge is -2.51. The van der Waals surface area contributed by atoms with Crippen molar-refractivity contribution in [3.8, 4) is 0 Å². The second-order valence-corrected chi connectivity index (χ2v) is 7.45. The third-order valence-electron chi connectivity index (χ3n) is 4.61. The molecular formula is C13H18N2O3S. The Morgan fingerprint density at radius 2 is 2.05 bits per heavy atom. The monoisotopic (exact) mass is 282 g/mol. The van der Waals surface area contributed by atoms with E-state index in [1.807, 2.05) is 0 Å². The summed E-state index contributed by atoms with van der Waals surface area (Å²) in [6.07, 6.45) is 6.11. The summed E-state index contributed by atoms with van der Waals surface area (Å²) in [6, 6.07) is 3.21. The van der Waals surface area contributed by atoms with Gasteiger partial charge in [-0.2, -0.15) is 4.31 Å². The maximum atomic E-state index is 12.4. The predicted molar refractivity (Wildman–Crippen MR) is 69.9 cm³/mol. The van der Waals surface area contributed by atoms with E-state index in [0.717, 1.165) is 25.7 Å². The first-order valence-electron chi connectivity index (χ1n) is 6.63. The summed E-state index contributed by atoms with van der Waals surface area (Å²) in [4.78, 5) is 4.12. The first-order chi connectivity index (χ1) is 9.05. The number of aliphatic hydroxyl groups excluding tert-OH is 1. The molecule has 1 atom stereocenters. The van der Waals surface area contributed by atoms with Crippen molar-refractivity contribution in [3.63, 3.8) is 0 Å². The minimum Gasteiger partial charge on any atom is -0.393 e. The standard InChI is InChI=1S/C13H18N2O3S/c16-12-3-4-13(12)5-8-15(9-6-13)19(17,18)11-2-1-7-14-10-11/h1-2,7,10,12,16H,3-6,8-9H2. The molecule has 0 aromatic carbocycles. The van der Waals surface area contributed by atoms with E-state index in [9.17, 15) is 13.5 Å². The Hall–Kier alpha value is -0.980. The number of rotatable bonds is 2. The van der Waals surface area contributed by atoms with Gasteiger partial charge in [0.05, 0.1) is 6.10 Å². The number of aliphatic hydroxyl groups is 1. The van der Waals surface area contributed by atoms with E-state index in [1.165, 1.54) is 10.5 Å². The van der Waals surface area contributed by atoms with Gasteiger partial charge >= 0.3 is 0 Å². The summed E-state index contributed by atoms with van der Waals surface area (Å²) < 4.78 is 26.3. The van der Waals surface area contributed by atoms with E-state index in [2.05, 4.69) is 4.98 Å². The van der Waals surface area contributed by atoms with Crippen LogP contribution in [0.2, 0.25) is 0 Å². The van der Waals surface area contributed by atoms with Crippen LogP contribution < -0.4 is 0 Å². The molecule has 2 aliphatic rings. The summed E-state index contributed by atoms with van der Waals surface area (Å²) in [5.41, 5.74) is -0.0129. The SMILES string of the molecule is O=S(=O)(c1cccnc1)N1CCC2(CCC2O)CC1. The summed E-state index contributed by atoms with van der Waals surface area (Å²) >= 11 is 0. The zero-order valence-electron chi connectivity index (χ0n) is 10.7. The maximum absolute atomic E-state index is 12.4. The lowest BCUT2D eigenvalue weighted by molar-refractivity contribution is -0.0911. The first kappa shape index (κ1) is 13.0. The zero-order valence-corrected chi connectivity index (χ0v) is 11.5. The van der Waals surface area contributed by atoms with E-state index in [0.29, 0.717) is 13.1 Å². The van der Waals surface area contributed by atoms with Gasteiger partial charge in [-0.15, -0.1) is 0 Å². The topological polar surface area (TPSA) is 70.5 Å². The van der Waals surface area contributed by atoms with Crippen molar-refractivity contribution in [1.82, 2.24) is 9.29 Å². The second kappa shape index (κ2) is 4.54. The van der Waals surface area contributed by atoms with E-state index in [1.54, 1.807) is 18.3 Å². The van der Waals surface area contributed by atoms with E-state index >= 15 is 0 Å². The Kier molecular flexibility index (Phi) is 3.11. The largest absolute Gasteiger partial charge is 0.393 e. The molecule has 1 aliphatic carbocycles. The van der Waals surface area contributed by atoms with Gasteiger partial charge in [-0.1, -0.05) is 0 Å². The van der Waals surface area contributed by atoms with Gasteiger partial charge in [-0.05, 0) is 43.2 Å². The van der Waals surface area contributed by atoms with Crippen LogP contribution in [0, 0.1) is 5.41 Å². The smallest absolute Gasteiger partial charge is 0.244 e. The summed E-state index contributed by atoms with van der Waals surface area (Å²) in [6.45, 7) is 0.989. The molecule has 2 fully saturated rings. The maximum Gasteiger partial charge on any atom is 0.244 e. The summed E-state index contributed by atoms with van der Waals surface area (Å²) in [5.74, 6) is 0. The number of nitrogens with zero attached hydrogens (tertiary/aromatic N) is 2. The molecule has 1 N–H and O–H groups in total. The molecule has 19 heavy (non-hydrogen) atoms. The van der Waals surface area contributed by atoms with Gasteiger partial charge in [-0.25, -0.2) is 8.42 Å². The third kappa shape index (κ3) is 2.07. The predicted octanol–water partition coefficient (Wildman–Crippen LogP) is 1.01. The molecule has 0 bridgehead atoms. The quantitative estimate of drug-likeness (QED) is 0.878. The van der Waals surface area contributed by atoms with E-state index < -0.39 is 10.0 Å². The van der Waals surface area contributed by atoms with E-state index in [4.69, 9.17) is 0 Å². The Morgan fingerprint density at radius 1 is 1.32 bits per heavy atom. The van der Waals surface area contributed by atoms with Crippen LogP contribution in [0.25, 0.3) is 0 Å². The molecule has 1 aromatic heterocycles. The molecular weight excluding hydrogens is 264 g/mol. The number of hydrogen-bond acceptors (Lipinski definition) is 4. The van der Waals surface area contributed by atoms with Crippen molar-refractivity contribution in [2.24, 2.45) is 5.41 Å². The number of aromatic nitrogens is 1. The van der Waals surface area contributed by atoms with Gasteiger partial charge in [0.15, 0.2) is 0 Å². The van der Waals surface area contributed by atoms with Crippen molar-refractivity contribution in [2.45, 2.75) is 36.7 Å². The van der Waals surface area contributed by atoms with Crippen LogP contribution in [0.5, 0.6) is 0 Å². The Balaban J connectivity index is 1.75. The van der Waals surface area contributed by atoms with Crippen molar-refractivity contribution < 1.29 is 13.5 Å². The van der Waals surface area contributed by atoms with Crippen LogP contribution in [0.3, 0.4) is 0 Å². The average Bonchev–Trinajstić information content (AvgIpc) is 2.46. The lowest BCUT2D eigenvalue weighted by atomic mass is 9.61. The van der Waals surface area contributed by atoms with Gasteiger partial charge in [0.2, 0.25) is 10.0 Å². The number of piperidine rings is 1. The van der Waals surface area contributed by atoms with Crippen LogP contribution >= 0.6 is 0 Å². The number of sulfonamides is 1. The molecule has 3 rings (SSSR count). The van der Waals surface area contributed by atoms with Crippen molar-refractivity contribution in [2.75, 3.05) is 13.1 Å². The lowest BCUT2D eigenvalue weighted by Crippen LogP contribution is -2.53. The Bertz CT molecular complexity index is 551. The Morgan fingerprint density at radius 3 is 2.53 bits per heavy atom. The van der Waals surface area contributed by atoms with Crippen molar-refractivity contribution in [3.05, 3.63) is 24.5 Å². The molecule has 1 aliphatic heterocycles. The molecule has 1 unspecified atom stereocenters. The molecule has 2 heterocycles. The average molecular weight is 282 g/mol. The molecule has 1 aromatic rings. The van der Waals surface area contributed by atoms with Gasteiger partial charge in [0.1, 0.15) is 4.90 Å². The minimum absolute atomic E-state index is 0.0129. The van der Waals surface area contributed by atoms with Crippen LogP contribution in [0.15, 0.2) is 29.4 Å². The molecule has 0 amide bonds. The Labute approximate surface area is 113 Å². The molecule has 104 valence electrons. The number of pyridine rings is 1. The second-order valence-electron chi connectivity index (χ2n) is 5.51. The highest BCUT2D eigenvalue weighted by Gasteiger charge is 2.48. The molecule has 1 spiro atoms. The van der Waals surface area contributed by atoms with E-state index in [-0.39, 0.29) is 16.4 Å². The normalized spacial score (nSPS) is 27.1. The summed E-state index contributed by atoms with van der Waals surface area (Å²) in [7, 11) is -3.42. The van der Waals surface area contributed by atoms with Crippen molar-refractivity contribution in [1.29, 1.82) is 0 Å². The van der Waals surface area contributed by atoms with Gasteiger partial charge < -0.3 is 5.11 Å². The highest BCUT2D eigenvalue weighted by Crippen LogP contribution is 2.49. The molecule has 0 radical (unpaired) electrons.